The highest BCUT2D eigenvalue weighted by atomic mass is 16.3. The Kier molecular flexibility index (Phi) is 5.22. The van der Waals surface area contributed by atoms with Gasteiger partial charge in [0.25, 0.3) is 0 Å². The largest absolute Gasteiger partial charge is 0.390 e. The van der Waals surface area contributed by atoms with E-state index in [1.807, 2.05) is 0 Å². The first-order valence-corrected chi connectivity index (χ1v) is 8.04. The Hall–Kier alpha value is -0.860. The van der Waals surface area contributed by atoms with E-state index >= 15 is 0 Å². The molecule has 0 unspecified atom stereocenters. The van der Waals surface area contributed by atoms with Crippen molar-refractivity contribution in [1.82, 2.24) is 5.32 Å². The van der Waals surface area contributed by atoms with E-state index in [1.165, 1.54) is 23.1 Å². The molecule has 1 fully saturated rings. The van der Waals surface area contributed by atoms with Gasteiger partial charge in [0.15, 0.2) is 0 Å². The smallest absolute Gasteiger partial charge is 0.0689 e. The molecule has 1 saturated carbocycles. The maximum atomic E-state index is 10.8. The standard InChI is InChI=1S/C18H29NO/c1-4-11-19-17-7-9-18(20,10-8-17)13-16-6-5-14(2)15(3)12-16/h5-6,12,17,19-20H,4,7-11,13H2,1-3H3. The minimum absolute atomic E-state index is 0.494. The Morgan fingerprint density at radius 2 is 1.90 bits per heavy atom. The fraction of sp³-hybridized carbons (Fsp3) is 0.667. The van der Waals surface area contributed by atoms with E-state index in [4.69, 9.17) is 0 Å². The van der Waals surface area contributed by atoms with Crippen molar-refractivity contribution < 1.29 is 5.11 Å². The zero-order valence-electron chi connectivity index (χ0n) is 13.2. The maximum absolute atomic E-state index is 10.8. The number of hydrogen-bond donors (Lipinski definition) is 2. The van der Waals surface area contributed by atoms with Crippen molar-refractivity contribution in [1.29, 1.82) is 0 Å². The summed E-state index contributed by atoms with van der Waals surface area (Å²) in [4.78, 5) is 0. The molecule has 112 valence electrons. The Balaban J connectivity index is 1.91. The van der Waals surface area contributed by atoms with Crippen molar-refractivity contribution in [3.05, 3.63) is 34.9 Å². The molecule has 0 saturated heterocycles. The molecule has 0 radical (unpaired) electrons. The molecular formula is C18H29NO. The molecule has 1 aliphatic rings. The second-order valence-corrected chi connectivity index (χ2v) is 6.55. The third kappa shape index (κ3) is 4.07. The lowest BCUT2D eigenvalue weighted by atomic mass is 9.78. The first-order valence-electron chi connectivity index (χ1n) is 8.04. The molecule has 0 amide bonds. The molecule has 0 bridgehead atoms. The zero-order chi connectivity index (χ0) is 14.6. The molecule has 0 atom stereocenters. The van der Waals surface area contributed by atoms with Gasteiger partial charge in [-0.2, -0.15) is 0 Å². The van der Waals surface area contributed by atoms with Crippen LogP contribution < -0.4 is 5.32 Å². The SMILES string of the molecule is CCCNC1CCC(O)(Cc2ccc(C)c(C)c2)CC1. The molecule has 1 aromatic carbocycles. The molecule has 2 heteroatoms. The number of aryl methyl sites for hydroxylation is 2. The number of rotatable bonds is 5. The average Bonchev–Trinajstić information content (AvgIpc) is 2.42. The Morgan fingerprint density at radius 3 is 2.50 bits per heavy atom. The van der Waals surface area contributed by atoms with Crippen LogP contribution in [0.25, 0.3) is 0 Å². The van der Waals surface area contributed by atoms with Gasteiger partial charge in [0, 0.05) is 12.5 Å². The van der Waals surface area contributed by atoms with E-state index in [9.17, 15) is 5.11 Å². The maximum Gasteiger partial charge on any atom is 0.0689 e. The topological polar surface area (TPSA) is 32.3 Å². The molecule has 0 heterocycles. The van der Waals surface area contributed by atoms with Gasteiger partial charge >= 0.3 is 0 Å². The summed E-state index contributed by atoms with van der Waals surface area (Å²) in [5.74, 6) is 0. The minimum atomic E-state index is -0.494. The molecule has 20 heavy (non-hydrogen) atoms. The van der Waals surface area contributed by atoms with Crippen molar-refractivity contribution in [2.75, 3.05) is 6.54 Å². The summed E-state index contributed by atoms with van der Waals surface area (Å²) in [5, 5.41) is 14.4. The van der Waals surface area contributed by atoms with Gasteiger partial charge in [-0.05, 0) is 69.2 Å². The van der Waals surface area contributed by atoms with E-state index in [-0.39, 0.29) is 0 Å². The minimum Gasteiger partial charge on any atom is -0.390 e. The van der Waals surface area contributed by atoms with Crippen LogP contribution >= 0.6 is 0 Å². The molecule has 2 N–H and O–H groups in total. The fourth-order valence-electron chi connectivity index (χ4n) is 3.18. The van der Waals surface area contributed by atoms with Crippen LogP contribution in [0.2, 0.25) is 0 Å². The van der Waals surface area contributed by atoms with E-state index in [0.29, 0.717) is 6.04 Å². The normalized spacial score (nSPS) is 26.7. The first-order chi connectivity index (χ1) is 9.52. The molecule has 1 aromatic rings. The Morgan fingerprint density at radius 1 is 1.20 bits per heavy atom. The van der Waals surface area contributed by atoms with Crippen LogP contribution in [0.5, 0.6) is 0 Å². The molecule has 0 aliphatic heterocycles. The van der Waals surface area contributed by atoms with Crippen LogP contribution in [0.15, 0.2) is 18.2 Å². The molecule has 0 aromatic heterocycles. The van der Waals surface area contributed by atoms with Crippen molar-refractivity contribution in [2.45, 2.75) is 70.9 Å². The number of benzene rings is 1. The lowest BCUT2D eigenvalue weighted by molar-refractivity contribution is -0.00307. The molecule has 1 aliphatic carbocycles. The Bertz CT molecular complexity index is 433. The van der Waals surface area contributed by atoms with Crippen molar-refractivity contribution in [3.63, 3.8) is 0 Å². The predicted octanol–water partition coefficient (Wildman–Crippen LogP) is 3.52. The van der Waals surface area contributed by atoms with E-state index < -0.39 is 5.60 Å². The summed E-state index contributed by atoms with van der Waals surface area (Å²) in [5.41, 5.74) is 3.43. The van der Waals surface area contributed by atoms with Crippen molar-refractivity contribution in [2.24, 2.45) is 0 Å². The number of hydrogen-bond acceptors (Lipinski definition) is 2. The second-order valence-electron chi connectivity index (χ2n) is 6.55. The van der Waals surface area contributed by atoms with Gasteiger partial charge in [-0.25, -0.2) is 0 Å². The van der Waals surface area contributed by atoms with E-state index in [2.05, 4.69) is 44.3 Å². The van der Waals surface area contributed by atoms with Crippen molar-refractivity contribution in [3.8, 4) is 0 Å². The summed E-state index contributed by atoms with van der Waals surface area (Å²) in [6.07, 6.45) is 6.02. The van der Waals surface area contributed by atoms with Gasteiger partial charge < -0.3 is 10.4 Å². The van der Waals surface area contributed by atoms with E-state index in [0.717, 1.165) is 38.6 Å². The summed E-state index contributed by atoms with van der Waals surface area (Å²) < 4.78 is 0. The molecule has 2 nitrogen and oxygen atoms in total. The number of aliphatic hydroxyl groups is 1. The van der Waals surface area contributed by atoms with Crippen LogP contribution in [0.4, 0.5) is 0 Å². The highest BCUT2D eigenvalue weighted by molar-refractivity contribution is 5.30. The number of nitrogens with one attached hydrogen (secondary N) is 1. The summed E-state index contributed by atoms with van der Waals surface area (Å²) >= 11 is 0. The first kappa shape index (κ1) is 15.5. The van der Waals surface area contributed by atoms with Gasteiger partial charge in [-0.1, -0.05) is 25.1 Å². The third-order valence-electron chi connectivity index (χ3n) is 4.70. The van der Waals surface area contributed by atoms with Gasteiger partial charge in [-0.3, -0.25) is 0 Å². The summed E-state index contributed by atoms with van der Waals surface area (Å²) in [6, 6.07) is 7.17. The summed E-state index contributed by atoms with van der Waals surface area (Å²) in [7, 11) is 0. The quantitative estimate of drug-likeness (QED) is 0.862. The van der Waals surface area contributed by atoms with Gasteiger partial charge in [0.2, 0.25) is 0 Å². The van der Waals surface area contributed by atoms with Crippen LogP contribution in [-0.4, -0.2) is 23.3 Å². The highest BCUT2D eigenvalue weighted by Crippen LogP contribution is 2.31. The van der Waals surface area contributed by atoms with Crippen molar-refractivity contribution >= 4 is 0 Å². The zero-order valence-corrected chi connectivity index (χ0v) is 13.2. The van der Waals surface area contributed by atoms with Crippen LogP contribution in [0.1, 0.15) is 55.7 Å². The molecular weight excluding hydrogens is 246 g/mol. The van der Waals surface area contributed by atoms with E-state index in [1.54, 1.807) is 0 Å². The molecule has 2 rings (SSSR count). The monoisotopic (exact) mass is 275 g/mol. The van der Waals surface area contributed by atoms with Crippen LogP contribution in [0, 0.1) is 13.8 Å². The highest BCUT2D eigenvalue weighted by Gasteiger charge is 2.33. The lowest BCUT2D eigenvalue weighted by Gasteiger charge is -2.36. The Labute approximate surface area is 123 Å². The lowest BCUT2D eigenvalue weighted by Crippen LogP contribution is -2.42. The van der Waals surface area contributed by atoms with Gasteiger partial charge in [0.05, 0.1) is 5.60 Å². The van der Waals surface area contributed by atoms with Crippen LogP contribution in [-0.2, 0) is 6.42 Å². The third-order valence-corrected chi connectivity index (χ3v) is 4.70. The second kappa shape index (κ2) is 6.73. The van der Waals surface area contributed by atoms with Crippen LogP contribution in [0.3, 0.4) is 0 Å². The summed E-state index contributed by atoms with van der Waals surface area (Å²) in [6.45, 7) is 7.58. The predicted molar refractivity (Wildman–Crippen MR) is 85.1 cm³/mol. The van der Waals surface area contributed by atoms with Gasteiger partial charge in [0.1, 0.15) is 0 Å². The average molecular weight is 275 g/mol. The van der Waals surface area contributed by atoms with Gasteiger partial charge in [-0.15, -0.1) is 0 Å². The molecule has 0 spiro atoms. The fourth-order valence-corrected chi connectivity index (χ4v) is 3.18.